The molecule has 14 heavy (non-hydrogen) atoms. The molecule has 0 spiro atoms. The van der Waals surface area contributed by atoms with Crippen LogP contribution < -0.4 is 4.74 Å². The number of aromatic nitrogens is 1. The summed E-state index contributed by atoms with van der Waals surface area (Å²) in [6.07, 6.45) is 0. The molecule has 0 aliphatic carbocycles. The molecule has 0 atom stereocenters. The van der Waals surface area contributed by atoms with E-state index in [1.165, 1.54) is 15.8 Å². The SMILES string of the molecule is CCOc1nc2c(C)cc(C)cc2s1. The zero-order chi connectivity index (χ0) is 10.1. The minimum atomic E-state index is 0.678. The van der Waals surface area contributed by atoms with Gasteiger partial charge in [-0.15, -0.1) is 0 Å². The van der Waals surface area contributed by atoms with Crippen LogP contribution in [-0.4, -0.2) is 11.6 Å². The van der Waals surface area contributed by atoms with E-state index < -0.39 is 0 Å². The number of aryl methyl sites for hydroxylation is 2. The summed E-state index contributed by atoms with van der Waals surface area (Å²) >= 11 is 1.62. The topological polar surface area (TPSA) is 22.1 Å². The maximum absolute atomic E-state index is 5.39. The Morgan fingerprint density at radius 1 is 1.36 bits per heavy atom. The van der Waals surface area contributed by atoms with Crippen molar-refractivity contribution in [1.29, 1.82) is 0 Å². The molecule has 0 saturated carbocycles. The average molecular weight is 207 g/mol. The van der Waals surface area contributed by atoms with Crippen molar-refractivity contribution >= 4 is 21.6 Å². The van der Waals surface area contributed by atoms with Crippen LogP contribution in [0.2, 0.25) is 0 Å². The summed E-state index contributed by atoms with van der Waals surface area (Å²) in [4.78, 5) is 4.44. The number of rotatable bonds is 2. The van der Waals surface area contributed by atoms with Crippen LogP contribution in [0.5, 0.6) is 5.19 Å². The van der Waals surface area contributed by atoms with Crippen LogP contribution in [0.25, 0.3) is 10.2 Å². The summed E-state index contributed by atoms with van der Waals surface area (Å²) in [6.45, 7) is 6.85. The van der Waals surface area contributed by atoms with E-state index in [-0.39, 0.29) is 0 Å². The second-order valence-electron chi connectivity index (χ2n) is 3.34. The van der Waals surface area contributed by atoms with Gasteiger partial charge in [-0.05, 0) is 38.0 Å². The third-order valence-corrected chi connectivity index (χ3v) is 2.99. The minimum Gasteiger partial charge on any atom is -0.470 e. The summed E-state index contributed by atoms with van der Waals surface area (Å²) in [5.74, 6) is 0. The van der Waals surface area contributed by atoms with Gasteiger partial charge in [0.1, 0.15) is 0 Å². The molecule has 0 aliphatic heterocycles. The Labute approximate surface area is 87.5 Å². The first kappa shape index (κ1) is 9.46. The molecule has 1 aromatic heterocycles. The van der Waals surface area contributed by atoms with Gasteiger partial charge in [-0.25, -0.2) is 4.98 Å². The van der Waals surface area contributed by atoms with Gasteiger partial charge >= 0.3 is 0 Å². The largest absolute Gasteiger partial charge is 0.470 e. The van der Waals surface area contributed by atoms with Gasteiger partial charge in [-0.3, -0.25) is 0 Å². The Bertz CT molecular complexity index is 462. The Morgan fingerprint density at radius 2 is 2.14 bits per heavy atom. The van der Waals surface area contributed by atoms with Crippen molar-refractivity contribution in [3.63, 3.8) is 0 Å². The minimum absolute atomic E-state index is 0.678. The molecule has 0 saturated heterocycles. The lowest BCUT2D eigenvalue weighted by Crippen LogP contribution is -1.89. The third-order valence-electron chi connectivity index (χ3n) is 2.08. The summed E-state index contributed by atoms with van der Waals surface area (Å²) in [5.41, 5.74) is 3.58. The number of fused-ring (bicyclic) bond motifs is 1. The molecule has 1 aromatic carbocycles. The smallest absolute Gasteiger partial charge is 0.274 e. The molecule has 2 aromatic rings. The Morgan fingerprint density at radius 3 is 2.86 bits per heavy atom. The van der Waals surface area contributed by atoms with Crippen LogP contribution in [-0.2, 0) is 0 Å². The van der Waals surface area contributed by atoms with E-state index in [9.17, 15) is 0 Å². The third kappa shape index (κ3) is 1.60. The predicted molar refractivity (Wildman–Crippen MR) is 60.3 cm³/mol. The summed E-state index contributed by atoms with van der Waals surface area (Å²) < 4.78 is 6.61. The standard InChI is InChI=1S/C11H13NOS/c1-4-13-11-12-10-8(3)5-7(2)6-9(10)14-11/h5-6H,4H2,1-3H3. The molecule has 1 heterocycles. The van der Waals surface area contributed by atoms with Crippen LogP contribution in [0, 0.1) is 13.8 Å². The number of hydrogen-bond acceptors (Lipinski definition) is 3. The highest BCUT2D eigenvalue weighted by Gasteiger charge is 2.06. The van der Waals surface area contributed by atoms with Gasteiger partial charge in [0.25, 0.3) is 5.19 Å². The van der Waals surface area contributed by atoms with E-state index >= 15 is 0 Å². The van der Waals surface area contributed by atoms with Crippen molar-refractivity contribution in [2.75, 3.05) is 6.61 Å². The fraction of sp³-hybridized carbons (Fsp3) is 0.364. The van der Waals surface area contributed by atoms with Gasteiger partial charge in [0.15, 0.2) is 0 Å². The molecule has 0 aliphatic rings. The number of thiazole rings is 1. The predicted octanol–water partition coefficient (Wildman–Crippen LogP) is 3.31. The van der Waals surface area contributed by atoms with Crippen LogP contribution in [0.3, 0.4) is 0 Å². The van der Waals surface area contributed by atoms with Crippen molar-refractivity contribution in [2.45, 2.75) is 20.8 Å². The normalized spacial score (nSPS) is 10.8. The molecule has 74 valence electrons. The van der Waals surface area contributed by atoms with E-state index in [0.29, 0.717) is 6.61 Å². The van der Waals surface area contributed by atoms with Gasteiger partial charge in [0, 0.05) is 0 Å². The molecule has 0 radical (unpaired) electrons. The summed E-state index contributed by atoms with van der Waals surface area (Å²) in [5, 5.41) is 0.774. The van der Waals surface area contributed by atoms with Crippen molar-refractivity contribution in [1.82, 2.24) is 4.98 Å². The maximum atomic E-state index is 5.39. The van der Waals surface area contributed by atoms with E-state index in [1.807, 2.05) is 6.92 Å². The van der Waals surface area contributed by atoms with E-state index in [4.69, 9.17) is 4.74 Å². The fourth-order valence-electron chi connectivity index (χ4n) is 1.54. The van der Waals surface area contributed by atoms with Gasteiger partial charge < -0.3 is 4.74 Å². The lowest BCUT2D eigenvalue weighted by atomic mass is 10.1. The van der Waals surface area contributed by atoms with Gasteiger partial charge in [-0.2, -0.15) is 0 Å². The molecule has 0 amide bonds. The highest BCUT2D eigenvalue weighted by Crippen LogP contribution is 2.30. The molecule has 3 heteroatoms. The van der Waals surface area contributed by atoms with Crippen LogP contribution in [0.1, 0.15) is 18.1 Å². The second kappa shape index (κ2) is 3.58. The number of ether oxygens (including phenoxy) is 1. The number of hydrogen-bond donors (Lipinski definition) is 0. The zero-order valence-electron chi connectivity index (χ0n) is 8.63. The van der Waals surface area contributed by atoms with Crippen molar-refractivity contribution in [3.8, 4) is 5.19 Å². The van der Waals surface area contributed by atoms with Crippen molar-refractivity contribution < 1.29 is 4.74 Å². The van der Waals surface area contributed by atoms with Crippen LogP contribution in [0.4, 0.5) is 0 Å². The molecule has 0 bridgehead atoms. The fourth-order valence-corrected chi connectivity index (χ4v) is 2.59. The van der Waals surface area contributed by atoms with Crippen LogP contribution >= 0.6 is 11.3 Å². The second-order valence-corrected chi connectivity index (χ2v) is 4.33. The lowest BCUT2D eigenvalue weighted by molar-refractivity contribution is 0.339. The molecular formula is C11H13NOS. The van der Waals surface area contributed by atoms with Crippen molar-refractivity contribution in [2.24, 2.45) is 0 Å². The van der Waals surface area contributed by atoms with Crippen LogP contribution in [0.15, 0.2) is 12.1 Å². The first-order valence-electron chi connectivity index (χ1n) is 4.71. The maximum Gasteiger partial charge on any atom is 0.274 e. The quantitative estimate of drug-likeness (QED) is 0.753. The first-order valence-corrected chi connectivity index (χ1v) is 5.53. The Kier molecular flexibility index (Phi) is 2.42. The summed E-state index contributed by atoms with van der Waals surface area (Å²) in [6, 6.07) is 4.31. The number of nitrogens with zero attached hydrogens (tertiary/aromatic N) is 1. The molecule has 0 unspecified atom stereocenters. The van der Waals surface area contributed by atoms with Crippen molar-refractivity contribution in [3.05, 3.63) is 23.3 Å². The molecule has 2 nitrogen and oxygen atoms in total. The monoisotopic (exact) mass is 207 g/mol. The Balaban J connectivity index is 2.58. The van der Waals surface area contributed by atoms with Gasteiger partial charge in [0.2, 0.25) is 0 Å². The lowest BCUT2D eigenvalue weighted by Gasteiger charge is -1.95. The van der Waals surface area contributed by atoms with Gasteiger partial charge in [-0.1, -0.05) is 17.4 Å². The van der Waals surface area contributed by atoms with E-state index in [0.717, 1.165) is 10.7 Å². The zero-order valence-corrected chi connectivity index (χ0v) is 9.44. The average Bonchev–Trinajstić information content (AvgIpc) is 2.48. The highest BCUT2D eigenvalue weighted by molar-refractivity contribution is 7.20. The number of benzene rings is 1. The molecule has 0 N–H and O–H groups in total. The molecule has 0 fully saturated rings. The van der Waals surface area contributed by atoms with Gasteiger partial charge in [0.05, 0.1) is 16.8 Å². The molecule has 2 rings (SSSR count). The summed E-state index contributed by atoms with van der Waals surface area (Å²) in [7, 11) is 0. The first-order chi connectivity index (χ1) is 6.70. The van der Waals surface area contributed by atoms with E-state index in [1.54, 1.807) is 11.3 Å². The van der Waals surface area contributed by atoms with E-state index in [2.05, 4.69) is 31.0 Å². The Hall–Kier alpha value is -1.09. The molecular weight excluding hydrogens is 194 g/mol. The highest BCUT2D eigenvalue weighted by atomic mass is 32.1.